The van der Waals surface area contributed by atoms with Gasteiger partial charge >= 0.3 is 0 Å². The molecule has 0 radical (unpaired) electrons. The summed E-state index contributed by atoms with van der Waals surface area (Å²) in [5.41, 5.74) is 0.844. The van der Waals surface area contributed by atoms with Crippen LogP contribution in [0.2, 0.25) is 0 Å². The third-order valence-corrected chi connectivity index (χ3v) is 5.83. The van der Waals surface area contributed by atoms with Gasteiger partial charge < -0.3 is 9.84 Å². The van der Waals surface area contributed by atoms with Crippen molar-refractivity contribution in [3.63, 3.8) is 0 Å². The molecule has 0 amide bonds. The smallest absolute Gasteiger partial charge is 0.240 e. The molecule has 1 atom stereocenters. The Morgan fingerprint density at radius 2 is 2.09 bits per heavy atom. The van der Waals surface area contributed by atoms with Gasteiger partial charge in [0.15, 0.2) is 0 Å². The van der Waals surface area contributed by atoms with E-state index in [2.05, 4.69) is 25.6 Å². The molecule has 1 unspecified atom stereocenters. The summed E-state index contributed by atoms with van der Waals surface area (Å²) in [6.07, 6.45) is -0.746. The molecule has 1 aliphatic heterocycles. The molecule has 0 spiro atoms. The second kappa shape index (κ2) is 7.85. The molecule has 0 aliphatic carbocycles. The van der Waals surface area contributed by atoms with Crippen LogP contribution in [0.3, 0.4) is 0 Å². The third kappa shape index (κ3) is 5.00. The van der Waals surface area contributed by atoms with E-state index in [9.17, 15) is 13.5 Å². The highest BCUT2D eigenvalue weighted by molar-refractivity contribution is 9.10. The first-order chi connectivity index (χ1) is 10.4. The van der Waals surface area contributed by atoms with Crippen molar-refractivity contribution in [2.45, 2.75) is 17.9 Å². The first-order valence-corrected chi connectivity index (χ1v) is 9.40. The van der Waals surface area contributed by atoms with E-state index in [4.69, 9.17) is 4.74 Å². The maximum Gasteiger partial charge on any atom is 0.240 e. The van der Waals surface area contributed by atoms with Crippen LogP contribution in [0.25, 0.3) is 0 Å². The number of morpholine rings is 1. The number of nitrogens with one attached hydrogen (secondary N) is 1. The Morgan fingerprint density at radius 3 is 2.73 bits per heavy atom. The maximum absolute atomic E-state index is 12.2. The van der Waals surface area contributed by atoms with Gasteiger partial charge in [-0.25, -0.2) is 13.1 Å². The van der Waals surface area contributed by atoms with Crippen molar-refractivity contribution >= 4 is 26.0 Å². The van der Waals surface area contributed by atoms with Crippen molar-refractivity contribution in [3.05, 3.63) is 28.2 Å². The van der Waals surface area contributed by atoms with E-state index in [0.717, 1.165) is 23.1 Å². The fourth-order valence-electron chi connectivity index (χ4n) is 2.22. The number of β-amino-alcohol motifs (C(OH)–C–C–N with tert-alkyl or cyclic N) is 1. The highest BCUT2D eigenvalue weighted by atomic mass is 79.9. The Morgan fingerprint density at radius 1 is 1.41 bits per heavy atom. The maximum atomic E-state index is 12.2. The summed E-state index contributed by atoms with van der Waals surface area (Å²) in [5, 5.41) is 9.99. The Labute approximate surface area is 139 Å². The summed E-state index contributed by atoms with van der Waals surface area (Å²) in [7, 11) is -3.61. The number of hydrogen-bond acceptors (Lipinski definition) is 5. The van der Waals surface area contributed by atoms with E-state index in [-0.39, 0.29) is 11.4 Å². The third-order valence-electron chi connectivity index (χ3n) is 3.52. The molecule has 1 aromatic carbocycles. The molecule has 2 rings (SSSR count). The van der Waals surface area contributed by atoms with Crippen molar-refractivity contribution in [1.29, 1.82) is 0 Å². The van der Waals surface area contributed by atoms with Gasteiger partial charge in [-0.2, -0.15) is 0 Å². The van der Waals surface area contributed by atoms with E-state index in [1.807, 2.05) is 6.92 Å². The van der Waals surface area contributed by atoms with Gasteiger partial charge in [-0.1, -0.05) is 15.9 Å². The zero-order valence-electron chi connectivity index (χ0n) is 12.5. The molecule has 1 aromatic rings. The van der Waals surface area contributed by atoms with Crippen LogP contribution in [0.15, 0.2) is 27.6 Å². The van der Waals surface area contributed by atoms with Gasteiger partial charge in [0.25, 0.3) is 0 Å². The number of aryl methyl sites for hydroxylation is 1. The molecule has 1 heterocycles. The quantitative estimate of drug-likeness (QED) is 0.745. The number of rotatable bonds is 6. The monoisotopic (exact) mass is 392 g/mol. The standard InChI is InChI=1S/C14H21BrN2O4S/c1-11-8-13(2-3-14(11)15)22(19,20)16-9-12(18)10-17-4-6-21-7-5-17/h2-3,8,12,16,18H,4-7,9-10H2,1H3. The summed E-state index contributed by atoms with van der Waals surface area (Å²) in [4.78, 5) is 2.26. The van der Waals surface area contributed by atoms with Gasteiger partial charge in [0, 0.05) is 30.7 Å². The minimum atomic E-state index is -3.61. The van der Waals surface area contributed by atoms with Crippen molar-refractivity contribution in [1.82, 2.24) is 9.62 Å². The Balaban J connectivity index is 1.89. The Bertz CT molecular complexity index is 603. The van der Waals surface area contributed by atoms with Crippen LogP contribution < -0.4 is 4.72 Å². The first kappa shape index (κ1) is 17.8. The summed E-state index contributed by atoms with van der Waals surface area (Å²) in [6.45, 7) is 5.08. The predicted molar refractivity (Wildman–Crippen MR) is 87.3 cm³/mol. The van der Waals surface area contributed by atoms with Gasteiger partial charge in [-0.3, -0.25) is 4.90 Å². The van der Waals surface area contributed by atoms with Crippen LogP contribution in [-0.2, 0) is 14.8 Å². The molecule has 0 aromatic heterocycles. The highest BCUT2D eigenvalue weighted by Crippen LogP contribution is 2.19. The van der Waals surface area contributed by atoms with Crippen molar-refractivity contribution in [2.75, 3.05) is 39.4 Å². The number of ether oxygens (including phenoxy) is 1. The lowest BCUT2D eigenvalue weighted by Crippen LogP contribution is -2.44. The van der Waals surface area contributed by atoms with Gasteiger partial charge in [-0.15, -0.1) is 0 Å². The SMILES string of the molecule is Cc1cc(S(=O)(=O)NCC(O)CN2CCOCC2)ccc1Br. The van der Waals surface area contributed by atoms with E-state index >= 15 is 0 Å². The second-order valence-electron chi connectivity index (χ2n) is 5.33. The fraction of sp³-hybridized carbons (Fsp3) is 0.571. The molecule has 124 valence electrons. The van der Waals surface area contributed by atoms with Crippen LogP contribution >= 0.6 is 15.9 Å². The molecule has 8 heteroatoms. The van der Waals surface area contributed by atoms with Gasteiger partial charge in [0.1, 0.15) is 0 Å². The van der Waals surface area contributed by atoms with Crippen LogP contribution in [-0.4, -0.2) is 63.9 Å². The van der Waals surface area contributed by atoms with E-state index in [1.165, 1.54) is 6.07 Å². The van der Waals surface area contributed by atoms with Crippen molar-refractivity contribution in [3.8, 4) is 0 Å². The molecule has 1 saturated heterocycles. The molecular formula is C14H21BrN2O4S. The summed E-state index contributed by atoms with van der Waals surface area (Å²) in [6, 6.07) is 4.84. The number of sulfonamides is 1. The van der Waals surface area contributed by atoms with E-state index in [1.54, 1.807) is 12.1 Å². The van der Waals surface area contributed by atoms with Crippen LogP contribution in [0.4, 0.5) is 0 Å². The minimum absolute atomic E-state index is 0.00516. The molecular weight excluding hydrogens is 372 g/mol. The number of nitrogens with zero attached hydrogens (tertiary/aromatic N) is 1. The molecule has 2 N–H and O–H groups in total. The van der Waals surface area contributed by atoms with Crippen molar-refractivity contribution in [2.24, 2.45) is 0 Å². The number of benzene rings is 1. The van der Waals surface area contributed by atoms with Crippen molar-refractivity contribution < 1.29 is 18.3 Å². The molecule has 0 bridgehead atoms. The molecule has 0 saturated carbocycles. The molecule has 22 heavy (non-hydrogen) atoms. The van der Waals surface area contributed by atoms with E-state index < -0.39 is 16.1 Å². The first-order valence-electron chi connectivity index (χ1n) is 7.12. The van der Waals surface area contributed by atoms with Crippen LogP contribution in [0.5, 0.6) is 0 Å². The number of aliphatic hydroxyl groups excluding tert-OH is 1. The topological polar surface area (TPSA) is 78.9 Å². The lowest BCUT2D eigenvalue weighted by atomic mass is 10.2. The highest BCUT2D eigenvalue weighted by Gasteiger charge is 2.19. The number of aliphatic hydroxyl groups is 1. The Kier molecular flexibility index (Phi) is 6.36. The number of halogens is 1. The summed E-state index contributed by atoms with van der Waals surface area (Å²) in [5.74, 6) is 0. The zero-order chi connectivity index (χ0) is 16.2. The van der Waals surface area contributed by atoms with Crippen LogP contribution in [0, 0.1) is 6.92 Å². The summed E-state index contributed by atoms with van der Waals surface area (Å²) < 4.78 is 33.0. The van der Waals surface area contributed by atoms with Crippen LogP contribution in [0.1, 0.15) is 5.56 Å². The van der Waals surface area contributed by atoms with E-state index in [0.29, 0.717) is 19.8 Å². The predicted octanol–water partition coefficient (Wildman–Crippen LogP) is 0.729. The lowest BCUT2D eigenvalue weighted by Gasteiger charge is -2.28. The van der Waals surface area contributed by atoms with Gasteiger partial charge in [0.2, 0.25) is 10.0 Å². The summed E-state index contributed by atoms with van der Waals surface area (Å²) >= 11 is 3.34. The van der Waals surface area contributed by atoms with Gasteiger partial charge in [0.05, 0.1) is 24.2 Å². The molecule has 1 aliphatic rings. The molecule has 6 nitrogen and oxygen atoms in total. The number of hydrogen-bond donors (Lipinski definition) is 2. The normalized spacial score (nSPS) is 18.3. The minimum Gasteiger partial charge on any atom is -0.390 e. The molecule has 1 fully saturated rings. The average molecular weight is 393 g/mol. The van der Waals surface area contributed by atoms with Gasteiger partial charge in [-0.05, 0) is 30.7 Å². The largest absolute Gasteiger partial charge is 0.390 e. The zero-order valence-corrected chi connectivity index (χ0v) is 14.9. The lowest BCUT2D eigenvalue weighted by molar-refractivity contribution is 0.0158. The average Bonchev–Trinajstić information content (AvgIpc) is 2.49. The Hall–Kier alpha value is -0.510. The second-order valence-corrected chi connectivity index (χ2v) is 7.95. The fourth-order valence-corrected chi connectivity index (χ4v) is 3.62.